The van der Waals surface area contributed by atoms with E-state index in [0.717, 1.165) is 12.3 Å². The number of hydrogen-bond donors (Lipinski definition) is 0. The van der Waals surface area contributed by atoms with Crippen LogP contribution < -0.4 is 0 Å². The van der Waals surface area contributed by atoms with E-state index in [0.29, 0.717) is 0 Å². The molecule has 0 unspecified atom stereocenters. The van der Waals surface area contributed by atoms with E-state index < -0.39 is 0 Å². The Balaban J connectivity index is 2.23. The second-order valence-corrected chi connectivity index (χ2v) is 3.59. The van der Waals surface area contributed by atoms with Gasteiger partial charge in [0, 0.05) is 18.1 Å². The molecule has 0 amide bonds. The Morgan fingerprint density at radius 3 is 3.25 bits per heavy atom. The highest BCUT2D eigenvalue weighted by atomic mass is 32.2. The maximum Gasteiger partial charge on any atom is 0.0776 e. The van der Waals surface area contributed by atoms with E-state index in [1.54, 1.807) is 0 Å². The topological polar surface area (TPSA) is 12.4 Å². The second-order valence-electron chi connectivity index (χ2n) is 1.56. The number of hydrogen-bond acceptors (Lipinski definition) is 3. The molecule has 0 N–H and O–H groups in total. The maximum absolute atomic E-state index is 4.28. The average Bonchev–Trinajstić information content (AvgIpc) is 2.19. The summed E-state index contributed by atoms with van der Waals surface area (Å²) in [4.78, 5) is 4.28. The fraction of sp³-hybridized carbons (Fsp3) is 0.800. The predicted octanol–water partition coefficient (Wildman–Crippen LogP) is 1.49. The highest BCUT2D eigenvalue weighted by Crippen LogP contribution is 2.14. The molecule has 0 aromatic heterocycles. The highest BCUT2D eigenvalue weighted by molar-refractivity contribution is 8.16. The minimum absolute atomic E-state index is 1.04. The zero-order valence-electron chi connectivity index (χ0n) is 4.89. The van der Waals surface area contributed by atoms with Gasteiger partial charge in [0.1, 0.15) is 0 Å². The van der Waals surface area contributed by atoms with Gasteiger partial charge in [-0.15, -0.1) is 11.8 Å². The van der Waals surface area contributed by atoms with E-state index in [9.17, 15) is 0 Å². The average molecular weight is 147 g/mol. The van der Waals surface area contributed by atoms with E-state index in [2.05, 4.69) is 11.2 Å². The molecule has 8 heavy (non-hydrogen) atoms. The van der Waals surface area contributed by atoms with Crippen molar-refractivity contribution in [3.8, 4) is 0 Å². The van der Waals surface area contributed by atoms with E-state index in [-0.39, 0.29) is 0 Å². The van der Waals surface area contributed by atoms with E-state index in [4.69, 9.17) is 0 Å². The molecule has 0 radical (unpaired) electrons. The maximum atomic E-state index is 4.28. The normalized spacial score (nSPS) is 18.9. The molecule has 1 aliphatic heterocycles. The van der Waals surface area contributed by atoms with Crippen LogP contribution in [0.3, 0.4) is 0 Å². The Hall–Kier alpha value is 0.370. The smallest absolute Gasteiger partial charge is 0.0776 e. The van der Waals surface area contributed by atoms with Crippen molar-refractivity contribution < 1.29 is 0 Å². The van der Waals surface area contributed by atoms with Crippen LogP contribution in [-0.4, -0.2) is 29.3 Å². The molecule has 0 fully saturated rings. The van der Waals surface area contributed by atoms with Crippen LogP contribution >= 0.6 is 23.5 Å². The van der Waals surface area contributed by atoms with E-state index >= 15 is 0 Å². The highest BCUT2D eigenvalue weighted by Gasteiger charge is 2.03. The molecule has 0 aromatic carbocycles. The summed E-state index contributed by atoms with van der Waals surface area (Å²) in [5.74, 6) is 2.32. The van der Waals surface area contributed by atoms with Crippen LogP contribution in [0.25, 0.3) is 0 Å². The summed E-state index contributed by atoms with van der Waals surface area (Å²) in [5, 5.41) is 1.33. The standard InChI is InChI=1S/C5H9NS2/c1-7-4-5-6-2-3-8-5/h2-4H2,1H3. The fourth-order valence-electron chi connectivity index (χ4n) is 0.590. The van der Waals surface area contributed by atoms with Crippen LogP contribution in [0, 0.1) is 0 Å². The van der Waals surface area contributed by atoms with Crippen molar-refractivity contribution in [2.45, 2.75) is 0 Å². The van der Waals surface area contributed by atoms with Gasteiger partial charge in [-0.1, -0.05) is 0 Å². The lowest BCUT2D eigenvalue weighted by Crippen LogP contribution is -1.89. The van der Waals surface area contributed by atoms with Crippen LogP contribution in [0.1, 0.15) is 0 Å². The molecule has 1 aliphatic rings. The van der Waals surface area contributed by atoms with Gasteiger partial charge in [0.15, 0.2) is 0 Å². The van der Waals surface area contributed by atoms with Crippen LogP contribution in [0.15, 0.2) is 4.99 Å². The van der Waals surface area contributed by atoms with Crippen molar-refractivity contribution in [2.24, 2.45) is 4.99 Å². The molecular weight excluding hydrogens is 138 g/mol. The summed E-state index contributed by atoms with van der Waals surface area (Å²) >= 11 is 3.74. The second kappa shape index (κ2) is 3.41. The van der Waals surface area contributed by atoms with Gasteiger partial charge in [0.2, 0.25) is 0 Å². The Kier molecular flexibility index (Phi) is 2.76. The number of rotatable bonds is 2. The summed E-state index contributed by atoms with van der Waals surface area (Å²) < 4.78 is 0. The van der Waals surface area contributed by atoms with Gasteiger partial charge in [-0.3, -0.25) is 4.99 Å². The zero-order valence-corrected chi connectivity index (χ0v) is 6.52. The number of aliphatic imine (C=N–C) groups is 1. The summed E-state index contributed by atoms with van der Waals surface area (Å²) in [5.41, 5.74) is 0. The molecular formula is C5H9NS2. The molecule has 0 bridgehead atoms. The van der Waals surface area contributed by atoms with Gasteiger partial charge in [0.25, 0.3) is 0 Å². The first kappa shape index (κ1) is 6.49. The molecule has 0 saturated heterocycles. The Morgan fingerprint density at radius 2 is 2.75 bits per heavy atom. The first-order valence-corrected chi connectivity index (χ1v) is 4.96. The van der Waals surface area contributed by atoms with Gasteiger partial charge >= 0.3 is 0 Å². The Labute approximate surface area is 58.3 Å². The molecule has 1 heterocycles. The van der Waals surface area contributed by atoms with Crippen molar-refractivity contribution in [3.05, 3.63) is 0 Å². The van der Waals surface area contributed by atoms with Crippen molar-refractivity contribution in [2.75, 3.05) is 24.3 Å². The van der Waals surface area contributed by atoms with Gasteiger partial charge in [0.05, 0.1) is 5.04 Å². The molecule has 1 nitrogen and oxygen atoms in total. The minimum Gasteiger partial charge on any atom is -0.281 e. The van der Waals surface area contributed by atoms with Crippen molar-refractivity contribution in [3.63, 3.8) is 0 Å². The summed E-state index contributed by atoms with van der Waals surface area (Å²) in [6.45, 7) is 1.04. The lowest BCUT2D eigenvalue weighted by molar-refractivity contribution is 1.17. The Bertz CT molecular complexity index is 101. The lowest BCUT2D eigenvalue weighted by atomic mass is 10.7. The van der Waals surface area contributed by atoms with Crippen molar-refractivity contribution >= 4 is 28.6 Å². The Morgan fingerprint density at radius 1 is 1.88 bits per heavy atom. The summed E-state index contributed by atoms with van der Waals surface area (Å²) in [7, 11) is 0. The summed E-state index contributed by atoms with van der Waals surface area (Å²) in [6, 6.07) is 0. The van der Waals surface area contributed by atoms with E-state index in [1.807, 2.05) is 23.5 Å². The molecule has 3 heteroatoms. The van der Waals surface area contributed by atoms with Crippen LogP contribution in [0.4, 0.5) is 0 Å². The van der Waals surface area contributed by atoms with Gasteiger partial charge in [-0.25, -0.2) is 0 Å². The third kappa shape index (κ3) is 1.71. The molecule has 0 atom stereocenters. The van der Waals surface area contributed by atoms with Gasteiger partial charge in [-0.05, 0) is 6.26 Å². The lowest BCUT2D eigenvalue weighted by Gasteiger charge is -1.90. The van der Waals surface area contributed by atoms with Crippen molar-refractivity contribution in [1.82, 2.24) is 0 Å². The third-order valence-electron chi connectivity index (χ3n) is 0.916. The third-order valence-corrected chi connectivity index (χ3v) is 2.65. The van der Waals surface area contributed by atoms with Crippen LogP contribution in [0.2, 0.25) is 0 Å². The van der Waals surface area contributed by atoms with Crippen molar-refractivity contribution in [1.29, 1.82) is 0 Å². The monoisotopic (exact) mass is 147 g/mol. The fourth-order valence-corrected chi connectivity index (χ4v) is 2.22. The quantitative estimate of drug-likeness (QED) is 0.587. The van der Waals surface area contributed by atoms with Crippen LogP contribution in [0.5, 0.6) is 0 Å². The predicted molar refractivity (Wildman–Crippen MR) is 43.1 cm³/mol. The van der Waals surface area contributed by atoms with Crippen LogP contribution in [-0.2, 0) is 0 Å². The first-order valence-electron chi connectivity index (χ1n) is 2.58. The summed E-state index contributed by atoms with van der Waals surface area (Å²) in [6.07, 6.45) is 2.11. The molecule has 46 valence electrons. The number of thioether (sulfide) groups is 2. The molecule has 0 aliphatic carbocycles. The molecule has 0 aromatic rings. The number of nitrogens with zero attached hydrogens (tertiary/aromatic N) is 1. The molecule has 1 rings (SSSR count). The zero-order chi connectivity index (χ0) is 5.82. The largest absolute Gasteiger partial charge is 0.281 e. The van der Waals surface area contributed by atoms with Gasteiger partial charge < -0.3 is 0 Å². The van der Waals surface area contributed by atoms with Gasteiger partial charge in [-0.2, -0.15) is 11.8 Å². The minimum atomic E-state index is 1.04. The first-order chi connectivity index (χ1) is 3.93. The molecule has 0 saturated carbocycles. The molecule has 0 spiro atoms. The van der Waals surface area contributed by atoms with E-state index in [1.165, 1.54) is 10.8 Å². The SMILES string of the molecule is CSCC1=NCCS1.